The standard InChI is InChI=1S/C13H15ClN2O4/c14-10-2-1-3-11(13(10)16(19)20)15-7-6-9(8-15)4-5-12(17)18/h1-3,9H,4-8H2,(H,17,18). The minimum absolute atomic E-state index is 0.0759. The van der Waals surface area contributed by atoms with Gasteiger partial charge < -0.3 is 10.0 Å². The summed E-state index contributed by atoms with van der Waals surface area (Å²) >= 11 is 5.90. The summed E-state index contributed by atoms with van der Waals surface area (Å²) < 4.78 is 0. The van der Waals surface area contributed by atoms with Crippen molar-refractivity contribution in [3.05, 3.63) is 33.3 Å². The molecule has 0 aliphatic carbocycles. The zero-order valence-corrected chi connectivity index (χ0v) is 11.5. The molecule has 1 saturated heterocycles. The number of carboxylic acids is 1. The van der Waals surface area contributed by atoms with Gasteiger partial charge >= 0.3 is 11.7 Å². The number of benzene rings is 1. The van der Waals surface area contributed by atoms with Crippen LogP contribution in [0.25, 0.3) is 0 Å². The lowest BCUT2D eigenvalue weighted by molar-refractivity contribution is -0.384. The van der Waals surface area contributed by atoms with E-state index >= 15 is 0 Å². The number of hydrogen-bond acceptors (Lipinski definition) is 4. The topological polar surface area (TPSA) is 83.7 Å². The molecule has 2 rings (SSSR count). The van der Waals surface area contributed by atoms with Crippen LogP contribution in [0.1, 0.15) is 19.3 Å². The molecule has 0 spiro atoms. The number of nitro groups is 1. The molecule has 0 radical (unpaired) electrons. The molecular weight excluding hydrogens is 284 g/mol. The van der Waals surface area contributed by atoms with Crippen molar-refractivity contribution < 1.29 is 14.8 Å². The van der Waals surface area contributed by atoms with Crippen molar-refractivity contribution in [3.8, 4) is 0 Å². The zero-order valence-electron chi connectivity index (χ0n) is 10.8. The Morgan fingerprint density at radius 1 is 1.55 bits per heavy atom. The highest BCUT2D eigenvalue weighted by Gasteiger charge is 2.29. The van der Waals surface area contributed by atoms with Crippen molar-refractivity contribution >= 4 is 28.9 Å². The molecule has 20 heavy (non-hydrogen) atoms. The van der Waals surface area contributed by atoms with E-state index in [1.165, 1.54) is 6.07 Å². The molecule has 7 heteroatoms. The lowest BCUT2D eigenvalue weighted by Crippen LogP contribution is -2.21. The smallest absolute Gasteiger partial charge is 0.310 e. The van der Waals surface area contributed by atoms with Gasteiger partial charge in [0.25, 0.3) is 0 Å². The fraction of sp³-hybridized carbons (Fsp3) is 0.462. The average molecular weight is 299 g/mol. The third-order valence-electron chi connectivity index (χ3n) is 3.54. The molecule has 6 nitrogen and oxygen atoms in total. The van der Waals surface area contributed by atoms with E-state index in [-0.39, 0.29) is 23.0 Å². The molecule has 0 bridgehead atoms. The number of carboxylic acid groups (broad SMARTS) is 1. The summed E-state index contributed by atoms with van der Waals surface area (Å²) in [4.78, 5) is 23.1. The lowest BCUT2D eigenvalue weighted by Gasteiger charge is -2.18. The minimum atomic E-state index is -0.808. The van der Waals surface area contributed by atoms with Crippen molar-refractivity contribution in [3.63, 3.8) is 0 Å². The van der Waals surface area contributed by atoms with Crippen molar-refractivity contribution in [1.29, 1.82) is 0 Å². The molecule has 0 amide bonds. The fourth-order valence-electron chi connectivity index (χ4n) is 2.55. The van der Waals surface area contributed by atoms with Crippen molar-refractivity contribution in [2.75, 3.05) is 18.0 Å². The highest BCUT2D eigenvalue weighted by Crippen LogP contribution is 2.37. The number of halogens is 1. The Morgan fingerprint density at radius 2 is 2.30 bits per heavy atom. The van der Waals surface area contributed by atoms with Gasteiger partial charge in [-0.15, -0.1) is 0 Å². The quantitative estimate of drug-likeness (QED) is 0.667. The predicted molar refractivity (Wildman–Crippen MR) is 75.3 cm³/mol. The Kier molecular flexibility index (Phi) is 4.44. The van der Waals surface area contributed by atoms with Gasteiger partial charge in [-0.3, -0.25) is 14.9 Å². The Labute approximate surface area is 121 Å². The van der Waals surface area contributed by atoms with E-state index in [1.54, 1.807) is 12.1 Å². The number of anilines is 1. The first-order valence-corrected chi connectivity index (χ1v) is 6.76. The summed E-state index contributed by atoms with van der Waals surface area (Å²) in [7, 11) is 0. The van der Waals surface area contributed by atoms with Gasteiger partial charge in [0.2, 0.25) is 0 Å². The number of aliphatic carboxylic acids is 1. The van der Waals surface area contributed by atoms with Crippen LogP contribution in [0.2, 0.25) is 5.02 Å². The SMILES string of the molecule is O=C(O)CCC1CCN(c2cccc(Cl)c2[N+](=O)[O-])C1. The molecule has 1 aromatic carbocycles. The predicted octanol–water partition coefficient (Wildman–Crippen LogP) is 2.94. The maximum Gasteiger partial charge on any atom is 0.310 e. The number of para-hydroxylation sites is 1. The zero-order chi connectivity index (χ0) is 14.7. The van der Waals surface area contributed by atoms with Gasteiger partial charge in [0.1, 0.15) is 10.7 Å². The first kappa shape index (κ1) is 14.6. The van der Waals surface area contributed by atoms with Gasteiger partial charge in [0, 0.05) is 19.5 Å². The van der Waals surface area contributed by atoms with Crippen molar-refractivity contribution in [2.24, 2.45) is 5.92 Å². The van der Waals surface area contributed by atoms with Gasteiger partial charge in [0.15, 0.2) is 0 Å². The van der Waals surface area contributed by atoms with E-state index in [0.717, 1.165) is 6.42 Å². The monoisotopic (exact) mass is 298 g/mol. The summed E-state index contributed by atoms with van der Waals surface area (Å²) in [6.45, 7) is 1.32. The first-order valence-electron chi connectivity index (χ1n) is 6.38. The van der Waals surface area contributed by atoms with Crippen LogP contribution in [0.15, 0.2) is 18.2 Å². The number of hydrogen-bond donors (Lipinski definition) is 1. The molecule has 0 saturated carbocycles. The molecule has 1 unspecified atom stereocenters. The third-order valence-corrected chi connectivity index (χ3v) is 3.85. The van der Waals surface area contributed by atoms with Gasteiger partial charge in [0.05, 0.1) is 4.92 Å². The second kappa shape index (κ2) is 6.09. The molecule has 1 aliphatic heterocycles. The van der Waals surface area contributed by atoms with E-state index < -0.39 is 10.9 Å². The molecule has 1 fully saturated rings. The number of nitrogens with zero attached hydrogens (tertiary/aromatic N) is 2. The van der Waals surface area contributed by atoms with Crippen LogP contribution in [-0.4, -0.2) is 29.1 Å². The van der Waals surface area contributed by atoms with Gasteiger partial charge in [-0.1, -0.05) is 17.7 Å². The van der Waals surface area contributed by atoms with Crippen molar-refractivity contribution in [1.82, 2.24) is 0 Å². The molecule has 1 aromatic rings. The van der Waals surface area contributed by atoms with Crippen LogP contribution in [0.3, 0.4) is 0 Å². The van der Waals surface area contributed by atoms with Crippen LogP contribution in [0.4, 0.5) is 11.4 Å². The molecular formula is C13H15ClN2O4. The van der Waals surface area contributed by atoms with E-state index in [1.807, 2.05) is 4.90 Å². The van der Waals surface area contributed by atoms with E-state index in [9.17, 15) is 14.9 Å². The minimum Gasteiger partial charge on any atom is -0.481 e. The van der Waals surface area contributed by atoms with Gasteiger partial charge in [-0.2, -0.15) is 0 Å². The lowest BCUT2D eigenvalue weighted by atomic mass is 10.0. The van der Waals surface area contributed by atoms with Gasteiger partial charge in [-0.25, -0.2) is 0 Å². The molecule has 0 aromatic heterocycles. The molecule has 1 atom stereocenters. The fourth-order valence-corrected chi connectivity index (χ4v) is 2.79. The number of carbonyl (C=O) groups is 1. The summed E-state index contributed by atoms with van der Waals surface area (Å²) in [5, 5.41) is 19.9. The largest absolute Gasteiger partial charge is 0.481 e. The highest BCUT2D eigenvalue weighted by atomic mass is 35.5. The third kappa shape index (κ3) is 3.19. The summed E-state index contributed by atoms with van der Waals surface area (Å²) in [5.74, 6) is -0.554. The van der Waals surface area contributed by atoms with E-state index in [0.29, 0.717) is 25.2 Å². The maximum absolute atomic E-state index is 11.1. The Bertz CT molecular complexity index is 535. The van der Waals surface area contributed by atoms with Crippen LogP contribution >= 0.6 is 11.6 Å². The molecule has 108 valence electrons. The van der Waals surface area contributed by atoms with Gasteiger partial charge in [-0.05, 0) is 30.9 Å². The second-order valence-corrected chi connectivity index (χ2v) is 5.31. The van der Waals surface area contributed by atoms with Crippen LogP contribution < -0.4 is 4.90 Å². The molecule has 1 aliphatic rings. The number of nitro benzene ring substituents is 1. The average Bonchev–Trinajstić information content (AvgIpc) is 2.84. The first-order chi connectivity index (χ1) is 9.49. The Balaban J connectivity index is 2.12. The van der Waals surface area contributed by atoms with Crippen LogP contribution in [0.5, 0.6) is 0 Å². The molecule has 1 heterocycles. The number of rotatable bonds is 5. The second-order valence-electron chi connectivity index (χ2n) is 4.90. The van der Waals surface area contributed by atoms with Crippen molar-refractivity contribution in [2.45, 2.75) is 19.3 Å². The Morgan fingerprint density at radius 3 is 2.95 bits per heavy atom. The van der Waals surface area contributed by atoms with Crippen LogP contribution in [-0.2, 0) is 4.79 Å². The van der Waals surface area contributed by atoms with E-state index in [4.69, 9.17) is 16.7 Å². The summed E-state index contributed by atoms with van der Waals surface area (Å²) in [5.41, 5.74) is 0.438. The van der Waals surface area contributed by atoms with E-state index in [2.05, 4.69) is 0 Å². The van der Waals surface area contributed by atoms with Crippen LogP contribution in [0, 0.1) is 16.0 Å². The maximum atomic E-state index is 11.1. The molecule has 1 N–H and O–H groups in total. The highest BCUT2D eigenvalue weighted by molar-refractivity contribution is 6.33. The Hall–Kier alpha value is -1.82. The summed E-state index contributed by atoms with van der Waals surface area (Å²) in [6, 6.07) is 4.88. The summed E-state index contributed by atoms with van der Waals surface area (Å²) in [6.07, 6.45) is 1.58. The normalized spacial score (nSPS) is 18.2.